The highest BCUT2D eigenvalue weighted by Crippen LogP contribution is 2.22. The molecule has 1 aromatic rings. The standard InChI is InChI=1S/C12H19NS/c1-9(2)11-5-4-10(3)12(8-11)13-6-7-14/h4-5,8-9,13-14H,6-7H2,1-3H3. The van der Waals surface area contributed by atoms with Gasteiger partial charge < -0.3 is 5.32 Å². The van der Waals surface area contributed by atoms with Crippen molar-refractivity contribution in [3.05, 3.63) is 29.3 Å². The van der Waals surface area contributed by atoms with Gasteiger partial charge in [0.05, 0.1) is 0 Å². The van der Waals surface area contributed by atoms with Crippen molar-refractivity contribution in [1.82, 2.24) is 0 Å². The summed E-state index contributed by atoms with van der Waals surface area (Å²) < 4.78 is 0. The van der Waals surface area contributed by atoms with Crippen molar-refractivity contribution in [3.63, 3.8) is 0 Å². The second-order valence-corrected chi connectivity index (χ2v) is 4.33. The lowest BCUT2D eigenvalue weighted by Crippen LogP contribution is -2.04. The van der Waals surface area contributed by atoms with Crippen LogP contribution >= 0.6 is 12.6 Å². The van der Waals surface area contributed by atoms with E-state index in [1.54, 1.807) is 0 Å². The maximum absolute atomic E-state index is 4.19. The van der Waals surface area contributed by atoms with Gasteiger partial charge in [0.2, 0.25) is 0 Å². The molecule has 0 radical (unpaired) electrons. The molecule has 0 aliphatic heterocycles. The number of nitrogens with one attached hydrogen (secondary N) is 1. The minimum atomic E-state index is 0.590. The maximum atomic E-state index is 4.19. The first-order chi connectivity index (χ1) is 6.65. The van der Waals surface area contributed by atoms with Gasteiger partial charge in [0.15, 0.2) is 0 Å². The lowest BCUT2D eigenvalue weighted by atomic mass is 10.0. The number of hydrogen-bond acceptors (Lipinski definition) is 2. The fraction of sp³-hybridized carbons (Fsp3) is 0.500. The van der Waals surface area contributed by atoms with E-state index in [-0.39, 0.29) is 0 Å². The molecule has 0 saturated carbocycles. The van der Waals surface area contributed by atoms with Crippen LogP contribution in [0.15, 0.2) is 18.2 Å². The van der Waals surface area contributed by atoms with Gasteiger partial charge in [-0.2, -0.15) is 12.6 Å². The van der Waals surface area contributed by atoms with E-state index in [2.05, 4.69) is 56.9 Å². The third-order valence-corrected chi connectivity index (χ3v) is 2.58. The van der Waals surface area contributed by atoms with Gasteiger partial charge in [-0.3, -0.25) is 0 Å². The molecule has 1 nitrogen and oxygen atoms in total. The second kappa shape index (κ2) is 5.30. The maximum Gasteiger partial charge on any atom is 0.0373 e. The number of anilines is 1. The molecule has 0 heterocycles. The summed E-state index contributed by atoms with van der Waals surface area (Å²) in [5.41, 5.74) is 3.93. The molecule has 0 aliphatic carbocycles. The zero-order valence-corrected chi connectivity index (χ0v) is 10.1. The van der Waals surface area contributed by atoms with Crippen LogP contribution in [-0.4, -0.2) is 12.3 Å². The summed E-state index contributed by atoms with van der Waals surface area (Å²) in [5, 5.41) is 3.38. The van der Waals surface area contributed by atoms with Crippen LogP contribution in [-0.2, 0) is 0 Å². The molecule has 0 saturated heterocycles. The third kappa shape index (κ3) is 2.95. The Morgan fingerprint density at radius 1 is 1.36 bits per heavy atom. The molecule has 1 aromatic carbocycles. The molecule has 0 aliphatic rings. The van der Waals surface area contributed by atoms with Crippen molar-refractivity contribution in [2.75, 3.05) is 17.6 Å². The number of aryl methyl sites for hydroxylation is 1. The quantitative estimate of drug-likeness (QED) is 0.724. The van der Waals surface area contributed by atoms with Gasteiger partial charge in [-0.05, 0) is 30.0 Å². The molecule has 78 valence electrons. The molecule has 0 amide bonds. The first-order valence-electron chi connectivity index (χ1n) is 5.10. The van der Waals surface area contributed by atoms with E-state index in [4.69, 9.17) is 0 Å². The van der Waals surface area contributed by atoms with Gasteiger partial charge >= 0.3 is 0 Å². The second-order valence-electron chi connectivity index (χ2n) is 3.88. The van der Waals surface area contributed by atoms with Crippen molar-refractivity contribution in [2.45, 2.75) is 26.7 Å². The molecule has 0 bridgehead atoms. The molecule has 0 aromatic heterocycles. The predicted molar refractivity (Wildman–Crippen MR) is 67.6 cm³/mol. The molecule has 0 fully saturated rings. The van der Waals surface area contributed by atoms with E-state index in [1.807, 2.05) is 0 Å². The van der Waals surface area contributed by atoms with Crippen LogP contribution < -0.4 is 5.32 Å². The Morgan fingerprint density at radius 3 is 2.64 bits per heavy atom. The molecular weight excluding hydrogens is 190 g/mol. The summed E-state index contributed by atoms with van der Waals surface area (Å²) in [6.45, 7) is 7.48. The van der Waals surface area contributed by atoms with Gasteiger partial charge in [-0.1, -0.05) is 26.0 Å². The minimum Gasteiger partial charge on any atom is -0.384 e. The molecule has 14 heavy (non-hydrogen) atoms. The van der Waals surface area contributed by atoms with Crippen molar-refractivity contribution < 1.29 is 0 Å². The highest BCUT2D eigenvalue weighted by Gasteiger charge is 2.02. The summed E-state index contributed by atoms with van der Waals surface area (Å²) in [5.74, 6) is 1.46. The van der Waals surface area contributed by atoms with Crippen LogP contribution in [0.2, 0.25) is 0 Å². The van der Waals surface area contributed by atoms with E-state index < -0.39 is 0 Å². The summed E-state index contributed by atoms with van der Waals surface area (Å²) >= 11 is 4.19. The van der Waals surface area contributed by atoms with Gasteiger partial charge in [-0.25, -0.2) is 0 Å². The van der Waals surface area contributed by atoms with Crippen LogP contribution in [0.25, 0.3) is 0 Å². The summed E-state index contributed by atoms with van der Waals surface area (Å²) in [6, 6.07) is 6.62. The smallest absolute Gasteiger partial charge is 0.0373 e. The average molecular weight is 209 g/mol. The molecule has 0 spiro atoms. The van der Waals surface area contributed by atoms with Gasteiger partial charge in [0.1, 0.15) is 0 Å². The van der Waals surface area contributed by atoms with Crippen molar-refractivity contribution in [2.24, 2.45) is 0 Å². The van der Waals surface area contributed by atoms with Crippen molar-refractivity contribution >= 4 is 18.3 Å². The fourth-order valence-electron chi connectivity index (χ4n) is 1.38. The Kier molecular flexibility index (Phi) is 4.33. The van der Waals surface area contributed by atoms with E-state index in [0.717, 1.165) is 12.3 Å². The summed E-state index contributed by atoms with van der Waals surface area (Å²) in [7, 11) is 0. The van der Waals surface area contributed by atoms with Crippen LogP contribution in [0.3, 0.4) is 0 Å². The Bertz CT molecular complexity index is 294. The number of benzene rings is 1. The monoisotopic (exact) mass is 209 g/mol. The van der Waals surface area contributed by atoms with Crippen LogP contribution in [0.5, 0.6) is 0 Å². The molecule has 0 atom stereocenters. The van der Waals surface area contributed by atoms with Crippen LogP contribution in [0.4, 0.5) is 5.69 Å². The first-order valence-corrected chi connectivity index (χ1v) is 5.73. The molecule has 1 N–H and O–H groups in total. The zero-order chi connectivity index (χ0) is 10.6. The van der Waals surface area contributed by atoms with E-state index in [9.17, 15) is 0 Å². The van der Waals surface area contributed by atoms with E-state index >= 15 is 0 Å². The minimum absolute atomic E-state index is 0.590. The molecule has 2 heteroatoms. The van der Waals surface area contributed by atoms with E-state index in [0.29, 0.717) is 5.92 Å². The Morgan fingerprint density at radius 2 is 2.07 bits per heavy atom. The largest absolute Gasteiger partial charge is 0.384 e. The lowest BCUT2D eigenvalue weighted by molar-refractivity contribution is 0.866. The van der Waals surface area contributed by atoms with E-state index in [1.165, 1.54) is 16.8 Å². The van der Waals surface area contributed by atoms with Crippen LogP contribution in [0, 0.1) is 6.92 Å². The van der Waals surface area contributed by atoms with Crippen LogP contribution in [0.1, 0.15) is 30.9 Å². The Hall–Kier alpha value is -0.630. The Labute approximate surface area is 92.3 Å². The fourth-order valence-corrected chi connectivity index (χ4v) is 1.49. The topological polar surface area (TPSA) is 12.0 Å². The molecule has 0 unspecified atom stereocenters. The average Bonchev–Trinajstić information content (AvgIpc) is 2.16. The van der Waals surface area contributed by atoms with Gasteiger partial charge in [0.25, 0.3) is 0 Å². The molecule has 1 rings (SSSR count). The third-order valence-electron chi connectivity index (χ3n) is 2.36. The zero-order valence-electron chi connectivity index (χ0n) is 9.17. The number of rotatable bonds is 4. The van der Waals surface area contributed by atoms with Crippen molar-refractivity contribution in [3.8, 4) is 0 Å². The predicted octanol–water partition coefficient (Wildman–Crippen LogP) is 3.46. The summed E-state index contributed by atoms with van der Waals surface area (Å²) in [4.78, 5) is 0. The highest BCUT2D eigenvalue weighted by atomic mass is 32.1. The number of thiol groups is 1. The highest BCUT2D eigenvalue weighted by molar-refractivity contribution is 7.80. The van der Waals surface area contributed by atoms with Gasteiger partial charge in [0, 0.05) is 18.0 Å². The SMILES string of the molecule is Cc1ccc(C(C)C)cc1NCCS. The number of hydrogen-bond donors (Lipinski definition) is 2. The summed E-state index contributed by atoms with van der Waals surface area (Å²) in [6.07, 6.45) is 0. The first kappa shape index (κ1) is 11.4. The normalized spacial score (nSPS) is 10.6. The van der Waals surface area contributed by atoms with Gasteiger partial charge in [-0.15, -0.1) is 0 Å². The Balaban J connectivity index is 2.85. The lowest BCUT2D eigenvalue weighted by Gasteiger charge is -2.12. The molecular formula is C12H19NS. The van der Waals surface area contributed by atoms with Crippen molar-refractivity contribution in [1.29, 1.82) is 0 Å².